The molecule has 0 bridgehead atoms. The summed E-state index contributed by atoms with van der Waals surface area (Å²) in [4.78, 5) is 0. The van der Waals surface area contributed by atoms with E-state index in [1.807, 2.05) is 0 Å². The molecule has 0 saturated carbocycles. The van der Waals surface area contributed by atoms with Crippen LogP contribution in [0.5, 0.6) is 5.75 Å². The molecule has 0 amide bonds. The number of halogens is 1. The Balaban J connectivity index is 2.39. The fraction of sp³-hybridized carbons (Fsp3) is 0.333. The summed E-state index contributed by atoms with van der Waals surface area (Å²) in [7, 11) is 0. The number of nitrogens with one attached hydrogen (secondary N) is 1. The summed E-state index contributed by atoms with van der Waals surface area (Å²) in [6, 6.07) is 5.47. The van der Waals surface area contributed by atoms with Crippen molar-refractivity contribution in [2.45, 2.75) is 12.5 Å². The summed E-state index contributed by atoms with van der Waals surface area (Å²) in [6.45, 7) is 1.01. The zero-order chi connectivity index (χ0) is 8.55. The number of rotatable bonds is 1. The Labute approximate surface area is 76.2 Å². The van der Waals surface area contributed by atoms with Crippen molar-refractivity contribution in [2.24, 2.45) is 0 Å². The average molecular weight is 184 g/mol. The maximum atomic E-state index is 9.50. The van der Waals surface area contributed by atoms with Gasteiger partial charge in [0.15, 0.2) is 0 Å². The lowest BCUT2D eigenvalue weighted by Crippen LogP contribution is -2.35. The number of hydrogen-bond donors (Lipinski definition) is 2. The van der Waals surface area contributed by atoms with Crippen LogP contribution in [0.4, 0.5) is 0 Å². The van der Waals surface area contributed by atoms with E-state index in [1.165, 1.54) is 0 Å². The number of aromatic hydroxyl groups is 1. The van der Waals surface area contributed by atoms with Gasteiger partial charge in [-0.3, -0.25) is 0 Å². The molecule has 1 heterocycles. The Bertz CT molecular complexity index is 276. The van der Waals surface area contributed by atoms with Gasteiger partial charge in [0.2, 0.25) is 0 Å². The lowest BCUT2D eigenvalue weighted by atomic mass is 9.97. The molecule has 64 valence electrons. The topological polar surface area (TPSA) is 32.3 Å². The standard InChI is InChI=1S/C9H10ClNO/c10-6-2-1-3-8(12)9(6)7-4-5-11-7/h1-3,7,11-12H,4-5H2/t7-/m0/s1. The Morgan fingerprint density at radius 2 is 2.25 bits per heavy atom. The number of benzene rings is 1. The maximum Gasteiger partial charge on any atom is 0.121 e. The van der Waals surface area contributed by atoms with Crippen molar-refractivity contribution in [1.82, 2.24) is 5.32 Å². The van der Waals surface area contributed by atoms with Gasteiger partial charge < -0.3 is 10.4 Å². The van der Waals surface area contributed by atoms with Crippen molar-refractivity contribution >= 4 is 11.6 Å². The van der Waals surface area contributed by atoms with Crippen LogP contribution in [0.3, 0.4) is 0 Å². The second-order valence-corrected chi connectivity index (χ2v) is 3.38. The van der Waals surface area contributed by atoms with Crippen LogP contribution in [0.1, 0.15) is 18.0 Å². The van der Waals surface area contributed by atoms with Gasteiger partial charge in [0.25, 0.3) is 0 Å². The zero-order valence-corrected chi connectivity index (χ0v) is 7.30. The summed E-state index contributed by atoms with van der Waals surface area (Å²) in [5, 5.41) is 13.3. The molecule has 3 heteroatoms. The molecule has 12 heavy (non-hydrogen) atoms. The van der Waals surface area contributed by atoms with E-state index in [-0.39, 0.29) is 6.04 Å². The van der Waals surface area contributed by atoms with Crippen LogP contribution in [0.25, 0.3) is 0 Å². The highest BCUT2D eigenvalue weighted by atomic mass is 35.5. The van der Waals surface area contributed by atoms with Gasteiger partial charge in [0.1, 0.15) is 5.75 Å². The van der Waals surface area contributed by atoms with E-state index >= 15 is 0 Å². The van der Waals surface area contributed by atoms with Gasteiger partial charge in [-0.2, -0.15) is 0 Å². The minimum absolute atomic E-state index is 0.249. The molecule has 2 rings (SSSR count). The van der Waals surface area contributed by atoms with Crippen LogP contribution in [0.15, 0.2) is 18.2 Å². The first kappa shape index (κ1) is 7.90. The first-order chi connectivity index (χ1) is 5.79. The maximum absolute atomic E-state index is 9.50. The van der Waals surface area contributed by atoms with Crippen LogP contribution in [-0.2, 0) is 0 Å². The van der Waals surface area contributed by atoms with Crippen molar-refractivity contribution in [3.8, 4) is 5.75 Å². The van der Waals surface area contributed by atoms with Gasteiger partial charge in [-0.05, 0) is 25.1 Å². The summed E-state index contributed by atoms with van der Waals surface area (Å²) >= 11 is 5.94. The van der Waals surface area contributed by atoms with E-state index in [0.29, 0.717) is 10.8 Å². The smallest absolute Gasteiger partial charge is 0.121 e. The van der Waals surface area contributed by atoms with Crippen molar-refractivity contribution in [2.75, 3.05) is 6.54 Å². The highest BCUT2D eigenvalue weighted by Gasteiger charge is 2.23. The molecule has 0 spiro atoms. The van der Waals surface area contributed by atoms with Gasteiger partial charge in [0.05, 0.1) is 0 Å². The van der Waals surface area contributed by atoms with E-state index in [9.17, 15) is 5.11 Å². The fourth-order valence-electron chi connectivity index (χ4n) is 1.41. The normalized spacial score (nSPS) is 21.9. The zero-order valence-electron chi connectivity index (χ0n) is 6.55. The van der Waals surface area contributed by atoms with E-state index in [2.05, 4.69) is 5.32 Å². The lowest BCUT2D eigenvalue weighted by molar-refractivity contribution is 0.365. The van der Waals surface area contributed by atoms with Crippen molar-refractivity contribution < 1.29 is 5.11 Å². The van der Waals surface area contributed by atoms with E-state index in [1.54, 1.807) is 18.2 Å². The highest BCUT2D eigenvalue weighted by molar-refractivity contribution is 6.31. The first-order valence-corrected chi connectivity index (χ1v) is 4.37. The molecule has 1 aliphatic rings. The molecule has 0 aliphatic carbocycles. The summed E-state index contributed by atoms with van der Waals surface area (Å²) in [5.41, 5.74) is 0.838. The third kappa shape index (κ3) is 1.17. The fourth-order valence-corrected chi connectivity index (χ4v) is 1.71. The van der Waals surface area contributed by atoms with Crippen LogP contribution < -0.4 is 5.32 Å². The van der Waals surface area contributed by atoms with Gasteiger partial charge in [-0.1, -0.05) is 17.7 Å². The number of phenols is 1. The van der Waals surface area contributed by atoms with Crippen LogP contribution in [0, 0.1) is 0 Å². The SMILES string of the molecule is Oc1cccc(Cl)c1[C@@H]1CCN1. The monoisotopic (exact) mass is 183 g/mol. The Hall–Kier alpha value is -0.730. The van der Waals surface area contributed by atoms with Crippen LogP contribution in [0.2, 0.25) is 5.02 Å². The molecule has 2 nitrogen and oxygen atoms in total. The Morgan fingerprint density at radius 1 is 1.50 bits per heavy atom. The van der Waals surface area contributed by atoms with Crippen molar-refractivity contribution in [3.63, 3.8) is 0 Å². The second-order valence-electron chi connectivity index (χ2n) is 2.97. The number of phenolic OH excluding ortho intramolecular Hbond substituents is 1. The van der Waals surface area contributed by atoms with Crippen LogP contribution in [-0.4, -0.2) is 11.7 Å². The summed E-state index contributed by atoms with van der Waals surface area (Å²) in [6.07, 6.45) is 1.05. The van der Waals surface area contributed by atoms with Crippen molar-refractivity contribution in [3.05, 3.63) is 28.8 Å². The summed E-state index contributed by atoms with van der Waals surface area (Å²) in [5.74, 6) is 0.291. The minimum Gasteiger partial charge on any atom is -0.508 e. The first-order valence-electron chi connectivity index (χ1n) is 4.00. The Morgan fingerprint density at radius 3 is 2.75 bits per heavy atom. The third-order valence-electron chi connectivity index (χ3n) is 2.20. The molecule has 2 N–H and O–H groups in total. The largest absolute Gasteiger partial charge is 0.508 e. The quantitative estimate of drug-likeness (QED) is 0.699. The lowest BCUT2D eigenvalue weighted by Gasteiger charge is -2.29. The second kappa shape index (κ2) is 2.96. The molecule has 1 fully saturated rings. The van der Waals surface area contributed by atoms with E-state index in [0.717, 1.165) is 18.5 Å². The molecular weight excluding hydrogens is 174 g/mol. The predicted octanol–water partition coefficient (Wildman–Crippen LogP) is 2.08. The molecule has 0 radical (unpaired) electrons. The molecule has 1 aromatic carbocycles. The van der Waals surface area contributed by atoms with Crippen LogP contribution >= 0.6 is 11.6 Å². The third-order valence-corrected chi connectivity index (χ3v) is 2.53. The van der Waals surface area contributed by atoms with E-state index in [4.69, 9.17) is 11.6 Å². The molecule has 1 atom stereocenters. The van der Waals surface area contributed by atoms with Gasteiger partial charge in [-0.15, -0.1) is 0 Å². The predicted molar refractivity (Wildman–Crippen MR) is 48.5 cm³/mol. The molecule has 1 aliphatic heterocycles. The minimum atomic E-state index is 0.249. The molecular formula is C9H10ClNO. The molecule has 1 aromatic rings. The number of hydrogen-bond acceptors (Lipinski definition) is 2. The average Bonchev–Trinajstić information content (AvgIpc) is 1.93. The summed E-state index contributed by atoms with van der Waals surface area (Å²) < 4.78 is 0. The van der Waals surface area contributed by atoms with Crippen molar-refractivity contribution in [1.29, 1.82) is 0 Å². The molecule has 0 aromatic heterocycles. The van der Waals surface area contributed by atoms with Gasteiger partial charge >= 0.3 is 0 Å². The Kier molecular flexibility index (Phi) is 1.95. The van der Waals surface area contributed by atoms with Gasteiger partial charge in [-0.25, -0.2) is 0 Å². The molecule has 1 saturated heterocycles. The van der Waals surface area contributed by atoms with E-state index < -0.39 is 0 Å². The van der Waals surface area contributed by atoms with Gasteiger partial charge in [0, 0.05) is 16.6 Å². The molecule has 0 unspecified atom stereocenters. The highest BCUT2D eigenvalue weighted by Crippen LogP contribution is 2.35.